The first kappa shape index (κ1) is 17.8. The first-order chi connectivity index (χ1) is 11.5. The van der Waals surface area contributed by atoms with Crippen LogP contribution in [0.5, 0.6) is 0 Å². The highest BCUT2D eigenvalue weighted by Crippen LogP contribution is 2.16. The van der Waals surface area contributed by atoms with Crippen LogP contribution in [-0.4, -0.2) is 35.5 Å². The fraction of sp³-hybridized carbons (Fsp3) is 0.368. The molecular weight excluding hydrogens is 302 g/mol. The van der Waals surface area contributed by atoms with Gasteiger partial charge in [-0.15, -0.1) is 0 Å². The minimum atomic E-state index is -0.183. The summed E-state index contributed by atoms with van der Waals surface area (Å²) in [6.45, 7) is 6.71. The molecule has 0 radical (unpaired) electrons. The van der Waals surface area contributed by atoms with Crippen molar-refractivity contribution < 1.29 is 4.79 Å². The maximum atomic E-state index is 12.4. The number of anilines is 1. The van der Waals surface area contributed by atoms with Crippen LogP contribution in [0.25, 0.3) is 0 Å². The molecule has 0 N–H and O–H groups in total. The zero-order chi connectivity index (χ0) is 17.7. The quantitative estimate of drug-likeness (QED) is 0.819. The molecule has 5 heteroatoms. The topological polar surface area (TPSA) is 45.5 Å². The van der Waals surface area contributed by atoms with Crippen molar-refractivity contribution in [2.45, 2.75) is 20.4 Å². The Labute approximate surface area is 143 Å². The van der Waals surface area contributed by atoms with Gasteiger partial charge in [0.25, 0.3) is 11.5 Å². The van der Waals surface area contributed by atoms with Gasteiger partial charge >= 0.3 is 0 Å². The van der Waals surface area contributed by atoms with E-state index in [0.29, 0.717) is 12.1 Å². The molecule has 0 aliphatic heterocycles. The summed E-state index contributed by atoms with van der Waals surface area (Å²) in [6.07, 6.45) is 1.61. The molecule has 0 aliphatic carbocycles. The van der Waals surface area contributed by atoms with E-state index in [1.165, 1.54) is 16.3 Å². The van der Waals surface area contributed by atoms with Crippen LogP contribution in [0.15, 0.2) is 47.4 Å². The van der Waals surface area contributed by atoms with Crippen molar-refractivity contribution in [2.24, 2.45) is 7.05 Å². The first-order valence-corrected chi connectivity index (χ1v) is 8.22. The van der Waals surface area contributed by atoms with Crippen LogP contribution in [-0.2, 0) is 13.6 Å². The van der Waals surface area contributed by atoms with Crippen molar-refractivity contribution in [3.8, 4) is 0 Å². The van der Waals surface area contributed by atoms with Crippen molar-refractivity contribution in [1.82, 2.24) is 9.47 Å². The third-order valence-electron chi connectivity index (χ3n) is 4.18. The maximum Gasteiger partial charge on any atom is 0.254 e. The second-order valence-corrected chi connectivity index (χ2v) is 5.86. The lowest BCUT2D eigenvalue weighted by Gasteiger charge is -2.22. The molecule has 0 unspecified atom stereocenters. The van der Waals surface area contributed by atoms with E-state index < -0.39 is 0 Å². The molecule has 2 rings (SSSR count). The number of aromatic nitrogens is 1. The summed E-state index contributed by atoms with van der Waals surface area (Å²) in [5.41, 5.74) is 2.48. The fourth-order valence-corrected chi connectivity index (χ4v) is 2.65. The molecule has 128 valence electrons. The highest BCUT2D eigenvalue weighted by Gasteiger charge is 2.13. The van der Waals surface area contributed by atoms with Crippen LogP contribution < -0.4 is 10.5 Å². The number of hydrogen-bond acceptors (Lipinski definition) is 3. The average Bonchev–Trinajstić information content (AvgIpc) is 2.59. The average molecular weight is 327 g/mol. The van der Waals surface area contributed by atoms with Gasteiger partial charge in [0.05, 0.1) is 0 Å². The molecule has 1 aromatic carbocycles. The van der Waals surface area contributed by atoms with Gasteiger partial charge in [-0.1, -0.05) is 12.1 Å². The summed E-state index contributed by atoms with van der Waals surface area (Å²) < 4.78 is 1.45. The maximum absolute atomic E-state index is 12.4. The van der Waals surface area contributed by atoms with Crippen LogP contribution in [0.1, 0.15) is 29.8 Å². The summed E-state index contributed by atoms with van der Waals surface area (Å²) >= 11 is 0. The number of pyridine rings is 1. The Bertz CT molecular complexity index is 746. The van der Waals surface area contributed by atoms with E-state index in [1.807, 2.05) is 12.1 Å². The Kier molecular flexibility index (Phi) is 5.79. The van der Waals surface area contributed by atoms with E-state index >= 15 is 0 Å². The standard InChI is InChI=1S/C19H25N3O2/c1-5-22(6-2)17-9-7-15(8-10-17)14-21(4)19(24)16-11-12-20(3)18(23)13-16/h7-13H,5-6,14H2,1-4H3. The van der Waals surface area contributed by atoms with Gasteiger partial charge in [0, 0.05) is 57.2 Å². The molecule has 0 bridgehead atoms. The predicted molar refractivity (Wildman–Crippen MR) is 97.5 cm³/mol. The third-order valence-corrected chi connectivity index (χ3v) is 4.18. The Balaban J connectivity index is 2.08. The number of benzene rings is 1. The molecule has 1 aromatic heterocycles. The molecule has 0 saturated carbocycles. The molecular formula is C19H25N3O2. The molecule has 24 heavy (non-hydrogen) atoms. The van der Waals surface area contributed by atoms with Gasteiger partial charge in [-0.25, -0.2) is 0 Å². The fourth-order valence-electron chi connectivity index (χ4n) is 2.65. The zero-order valence-corrected chi connectivity index (χ0v) is 14.8. The normalized spacial score (nSPS) is 10.5. The Morgan fingerprint density at radius 3 is 2.25 bits per heavy atom. The van der Waals surface area contributed by atoms with Crippen molar-refractivity contribution in [3.05, 3.63) is 64.1 Å². The molecule has 0 fully saturated rings. The number of rotatable bonds is 6. The summed E-state index contributed by atoms with van der Waals surface area (Å²) in [5, 5.41) is 0. The van der Waals surface area contributed by atoms with Crippen molar-refractivity contribution in [3.63, 3.8) is 0 Å². The van der Waals surface area contributed by atoms with E-state index in [-0.39, 0.29) is 11.5 Å². The first-order valence-electron chi connectivity index (χ1n) is 8.22. The molecule has 5 nitrogen and oxygen atoms in total. The van der Waals surface area contributed by atoms with Gasteiger partial charge in [-0.3, -0.25) is 9.59 Å². The molecule has 0 saturated heterocycles. The minimum absolute atomic E-state index is 0.152. The Morgan fingerprint density at radius 1 is 1.08 bits per heavy atom. The monoisotopic (exact) mass is 327 g/mol. The van der Waals surface area contributed by atoms with E-state index in [2.05, 4.69) is 30.9 Å². The Morgan fingerprint density at radius 2 is 1.71 bits per heavy atom. The van der Waals surface area contributed by atoms with Crippen molar-refractivity contribution in [2.75, 3.05) is 25.0 Å². The van der Waals surface area contributed by atoms with E-state index in [1.54, 1.807) is 31.3 Å². The Hall–Kier alpha value is -2.56. The molecule has 0 atom stereocenters. The highest BCUT2D eigenvalue weighted by molar-refractivity contribution is 5.93. The van der Waals surface area contributed by atoms with Crippen LogP contribution in [0.2, 0.25) is 0 Å². The lowest BCUT2D eigenvalue weighted by Crippen LogP contribution is -2.28. The number of carbonyl (C=O) groups excluding carboxylic acids is 1. The van der Waals surface area contributed by atoms with E-state index in [0.717, 1.165) is 18.7 Å². The van der Waals surface area contributed by atoms with Crippen LogP contribution in [0.3, 0.4) is 0 Å². The van der Waals surface area contributed by atoms with Gasteiger partial charge < -0.3 is 14.4 Å². The second-order valence-electron chi connectivity index (χ2n) is 5.86. The smallest absolute Gasteiger partial charge is 0.254 e. The second kappa shape index (κ2) is 7.81. The van der Waals surface area contributed by atoms with Gasteiger partial charge in [0.2, 0.25) is 0 Å². The number of carbonyl (C=O) groups is 1. The SMILES string of the molecule is CCN(CC)c1ccc(CN(C)C(=O)c2ccn(C)c(=O)c2)cc1. The van der Waals surface area contributed by atoms with Crippen LogP contribution in [0.4, 0.5) is 5.69 Å². The van der Waals surface area contributed by atoms with Gasteiger partial charge in [-0.2, -0.15) is 0 Å². The number of aryl methyl sites for hydroxylation is 1. The predicted octanol–water partition coefficient (Wildman–Crippen LogP) is 2.50. The van der Waals surface area contributed by atoms with Gasteiger partial charge in [0.1, 0.15) is 0 Å². The van der Waals surface area contributed by atoms with Crippen molar-refractivity contribution >= 4 is 11.6 Å². The summed E-state index contributed by atoms with van der Waals surface area (Å²) in [4.78, 5) is 28.0. The molecule has 0 spiro atoms. The molecule has 1 amide bonds. The number of amides is 1. The number of nitrogens with zero attached hydrogens (tertiary/aromatic N) is 3. The van der Waals surface area contributed by atoms with E-state index in [4.69, 9.17) is 0 Å². The summed E-state index contributed by atoms with van der Waals surface area (Å²) in [7, 11) is 3.41. The highest BCUT2D eigenvalue weighted by atomic mass is 16.2. The zero-order valence-electron chi connectivity index (χ0n) is 14.8. The van der Waals surface area contributed by atoms with Gasteiger partial charge in [0.15, 0.2) is 0 Å². The van der Waals surface area contributed by atoms with Crippen molar-refractivity contribution in [1.29, 1.82) is 0 Å². The van der Waals surface area contributed by atoms with E-state index in [9.17, 15) is 9.59 Å². The minimum Gasteiger partial charge on any atom is -0.372 e. The summed E-state index contributed by atoms with van der Waals surface area (Å²) in [5.74, 6) is -0.152. The van der Waals surface area contributed by atoms with Crippen LogP contribution >= 0.6 is 0 Å². The van der Waals surface area contributed by atoms with Gasteiger partial charge in [-0.05, 0) is 37.6 Å². The molecule has 1 heterocycles. The third kappa shape index (κ3) is 4.04. The number of hydrogen-bond donors (Lipinski definition) is 0. The van der Waals surface area contributed by atoms with Crippen LogP contribution in [0, 0.1) is 0 Å². The lowest BCUT2D eigenvalue weighted by atomic mass is 10.1. The molecule has 0 aliphatic rings. The summed E-state index contributed by atoms with van der Waals surface area (Å²) in [6, 6.07) is 11.3. The molecule has 2 aromatic rings. The lowest BCUT2D eigenvalue weighted by molar-refractivity contribution is 0.0785. The largest absolute Gasteiger partial charge is 0.372 e.